The van der Waals surface area contributed by atoms with Crippen LogP contribution in [0.15, 0.2) is 46.3 Å². The molecule has 0 fully saturated rings. The zero-order valence-electron chi connectivity index (χ0n) is 9.78. The van der Waals surface area contributed by atoms with Gasteiger partial charge >= 0.3 is 6.18 Å². The highest BCUT2D eigenvalue weighted by Gasteiger charge is 2.33. The van der Waals surface area contributed by atoms with Gasteiger partial charge in [0, 0.05) is 4.90 Å². The predicted octanol–water partition coefficient (Wildman–Crippen LogP) is 4.26. The molecule has 0 aliphatic heterocycles. The first kappa shape index (κ1) is 14.3. The Morgan fingerprint density at radius 1 is 1.05 bits per heavy atom. The molecule has 0 unspecified atom stereocenters. The van der Waals surface area contributed by atoms with Crippen LogP contribution in [0.25, 0.3) is 0 Å². The van der Waals surface area contributed by atoms with Gasteiger partial charge in [-0.3, -0.25) is 0 Å². The summed E-state index contributed by atoms with van der Waals surface area (Å²) in [7, 11) is 0. The molecule has 0 saturated heterocycles. The van der Waals surface area contributed by atoms with E-state index in [2.05, 4.69) is 4.98 Å². The molecule has 2 aromatic rings. The predicted molar refractivity (Wildman–Crippen MR) is 64.5 cm³/mol. The van der Waals surface area contributed by atoms with Gasteiger partial charge in [0.15, 0.2) is 0 Å². The van der Waals surface area contributed by atoms with Crippen molar-refractivity contribution in [1.82, 2.24) is 4.98 Å². The fraction of sp³-hybridized carbons (Fsp3) is 0.0769. The van der Waals surface area contributed by atoms with Crippen LogP contribution in [0.2, 0.25) is 0 Å². The second kappa shape index (κ2) is 5.51. The van der Waals surface area contributed by atoms with Gasteiger partial charge in [0.25, 0.3) is 0 Å². The number of alkyl halides is 3. The molecule has 1 aromatic carbocycles. The fourth-order valence-electron chi connectivity index (χ4n) is 1.38. The van der Waals surface area contributed by atoms with Crippen LogP contribution in [0.4, 0.5) is 17.6 Å². The lowest BCUT2D eigenvalue weighted by atomic mass is 10.2. The van der Waals surface area contributed by atoms with Gasteiger partial charge in [0.1, 0.15) is 22.6 Å². The summed E-state index contributed by atoms with van der Waals surface area (Å²) in [5.41, 5.74) is -1.03. The van der Waals surface area contributed by atoms with Crippen LogP contribution in [0.1, 0.15) is 11.3 Å². The summed E-state index contributed by atoms with van der Waals surface area (Å²) < 4.78 is 50.5. The van der Waals surface area contributed by atoms with E-state index in [1.54, 1.807) is 6.07 Å². The van der Waals surface area contributed by atoms with Crippen LogP contribution in [0, 0.1) is 17.1 Å². The Bertz CT molecular complexity index is 660. The zero-order chi connectivity index (χ0) is 14.8. The van der Waals surface area contributed by atoms with Gasteiger partial charge in [-0.05, 0) is 36.4 Å². The van der Waals surface area contributed by atoms with Crippen LogP contribution in [-0.4, -0.2) is 4.98 Å². The molecule has 0 amide bonds. The molecule has 0 radical (unpaired) electrons. The lowest BCUT2D eigenvalue weighted by Gasteiger charge is -2.09. The average Bonchev–Trinajstić information content (AvgIpc) is 2.40. The summed E-state index contributed by atoms with van der Waals surface area (Å²) in [4.78, 5) is 3.95. The Hall–Kier alpha value is -2.07. The molecular weight excluding hydrogens is 292 g/mol. The maximum Gasteiger partial charge on any atom is 0.433 e. The summed E-state index contributed by atoms with van der Waals surface area (Å²) in [5.74, 6) is -0.452. The van der Waals surface area contributed by atoms with Crippen molar-refractivity contribution in [3.8, 4) is 6.07 Å². The van der Waals surface area contributed by atoms with Crippen molar-refractivity contribution in [2.45, 2.75) is 16.1 Å². The monoisotopic (exact) mass is 298 g/mol. The molecule has 0 spiro atoms. The topological polar surface area (TPSA) is 36.7 Å². The molecule has 102 valence electrons. The van der Waals surface area contributed by atoms with Crippen molar-refractivity contribution in [2.75, 3.05) is 0 Å². The van der Waals surface area contributed by atoms with E-state index in [1.165, 1.54) is 24.3 Å². The largest absolute Gasteiger partial charge is 0.433 e. The van der Waals surface area contributed by atoms with E-state index in [0.717, 1.165) is 23.9 Å². The number of halogens is 4. The highest BCUT2D eigenvalue weighted by Crippen LogP contribution is 2.33. The van der Waals surface area contributed by atoms with Gasteiger partial charge < -0.3 is 0 Å². The molecule has 1 heterocycles. The summed E-state index contributed by atoms with van der Waals surface area (Å²) in [6, 6.07) is 8.79. The summed E-state index contributed by atoms with van der Waals surface area (Å²) in [6.45, 7) is 0. The van der Waals surface area contributed by atoms with Crippen LogP contribution < -0.4 is 0 Å². The Labute approximate surface area is 116 Å². The second-order valence-corrected chi connectivity index (χ2v) is 4.78. The lowest BCUT2D eigenvalue weighted by Crippen LogP contribution is -2.08. The zero-order valence-corrected chi connectivity index (χ0v) is 10.6. The van der Waals surface area contributed by atoms with Gasteiger partial charge in [-0.1, -0.05) is 11.8 Å². The van der Waals surface area contributed by atoms with E-state index < -0.39 is 17.7 Å². The van der Waals surface area contributed by atoms with E-state index in [9.17, 15) is 17.6 Å². The first-order valence-electron chi connectivity index (χ1n) is 5.32. The Balaban J connectivity index is 2.39. The number of aromatic nitrogens is 1. The molecule has 0 aliphatic rings. The number of nitrogens with zero attached hydrogens (tertiary/aromatic N) is 2. The average molecular weight is 298 g/mol. The van der Waals surface area contributed by atoms with Crippen LogP contribution >= 0.6 is 11.8 Å². The van der Waals surface area contributed by atoms with Gasteiger partial charge in [0.05, 0.1) is 5.56 Å². The Kier molecular flexibility index (Phi) is 3.95. The molecule has 0 aliphatic carbocycles. The number of pyridine rings is 1. The number of benzene rings is 1. The quantitative estimate of drug-likeness (QED) is 0.777. The normalized spacial score (nSPS) is 11.2. The smallest absolute Gasteiger partial charge is 0.235 e. The van der Waals surface area contributed by atoms with Gasteiger partial charge in [-0.15, -0.1) is 0 Å². The van der Waals surface area contributed by atoms with Crippen LogP contribution in [-0.2, 0) is 6.18 Å². The van der Waals surface area contributed by atoms with Crippen molar-refractivity contribution in [2.24, 2.45) is 0 Å². The molecule has 7 heteroatoms. The van der Waals surface area contributed by atoms with Crippen LogP contribution in [0.3, 0.4) is 0 Å². The van der Waals surface area contributed by atoms with Crippen LogP contribution in [0.5, 0.6) is 0 Å². The first-order chi connectivity index (χ1) is 9.40. The third-order valence-corrected chi connectivity index (χ3v) is 3.31. The van der Waals surface area contributed by atoms with Gasteiger partial charge in [-0.2, -0.15) is 18.4 Å². The lowest BCUT2D eigenvalue weighted by molar-refractivity contribution is -0.141. The van der Waals surface area contributed by atoms with E-state index in [1.807, 2.05) is 0 Å². The van der Waals surface area contributed by atoms with Crippen molar-refractivity contribution in [1.29, 1.82) is 5.26 Å². The molecule has 2 nitrogen and oxygen atoms in total. The van der Waals surface area contributed by atoms with Gasteiger partial charge in [-0.25, -0.2) is 9.37 Å². The molecule has 1 aromatic heterocycles. The van der Waals surface area contributed by atoms with Crippen molar-refractivity contribution in [3.63, 3.8) is 0 Å². The summed E-state index contributed by atoms with van der Waals surface area (Å²) in [5, 5.41) is 8.83. The Morgan fingerprint density at radius 3 is 2.25 bits per heavy atom. The minimum absolute atomic E-state index is 0.0346. The standard InChI is InChI=1S/C13H6F4N2S/c14-9-2-4-10(5-3-9)20-12-8(7-18)1-6-11(19-12)13(15,16)17/h1-6H. The first-order valence-corrected chi connectivity index (χ1v) is 6.13. The third-order valence-electron chi connectivity index (χ3n) is 2.30. The molecule has 0 bridgehead atoms. The highest BCUT2D eigenvalue weighted by molar-refractivity contribution is 7.99. The molecule has 20 heavy (non-hydrogen) atoms. The molecular formula is C13H6F4N2S. The summed E-state index contributed by atoms with van der Waals surface area (Å²) >= 11 is 0.878. The van der Waals surface area contributed by atoms with E-state index in [0.29, 0.717) is 4.90 Å². The maximum absolute atomic E-state index is 12.8. The molecule has 0 saturated carbocycles. The minimum atomic E-state index is -4.58. The van der Waals surface area contributed by atoms with Crippen molar-refractivity contribution >= 4 is 11.8 Å². The number of hydrogen-bond acceptors (Lipinski definition) is 3. The second-order valence-electron chi connectivity index (χ2n) is 3.71. The number of nitriles is 1. The SMILES string of the molecule is N#Cc1ccc(C(F)(F)F)nc1Sc1ccc(F)cc1. The van der Waals surface area contributed by atoms with E-state index >= 15 is 0 Å². The fourth-order valence-corrected chi connectivity index (χ4v) is 2.24. The minimum Gasteiger partial charge on any atom is -0.235 e. The highest BCUT2D eigenvalue weighted by atomic mass is 32.2. The van der Waals surface area contributed by atoms with E-state index in [4.69, 9.17) is 5.26 Å². The molecule has 2 rings (SSSR count). The molecule has 0 N–H and O–H groups in total. The number of rotatable bonds is 2. The maximum atomic E-state index is 12.8. The Morgan fingerprint density at radius 2 is 1.70 bits per heavy atom. The molecule has 0 atom stereocenters. The number of hydrogen-bond donors (Lipinski definition) is 0. The van der Waals surface area contributed by atoms with Crippen molar-refractivity contribution in [3.05, 3.63) is 53.5 Å². The van der Waals surface area contributed by atoms with E-state index in [-0.39, 0.29) is 10.6 Å². The van der Waals surface area contributed by atoms with Crippen molar-refractivity contribution < 1.29 is 17.6 Å². The summed E-state index contributed by atoms with van der Waals surface area (Å²) in [6.07, 6.45) is -4.58. The van der Waals surface area contributed by atoms with Gasteiger partial charge in [0.2, 0.25) is 0 Å². The third kappa shape index (κ3) is 3.27.